The van der Waals surface area contributed by atoms with Crippen molar-refractivity contribution in [2.45, 2.75) is 38.6 Å². The lowest BCUT2D eigenvalue weighted by Crippen LogP contribution is -2.36. The zero-order valence-electron chi connectivity index (χ0n) is 23.1. The SMILES string of the molecule is C=C(CC)/C(=C1/C=CNC1=NC)N1CCCC(c2cccc(NC(=O)Nc3ccccc3CN(C)C)c2)C1. The first-order valence-corrected chi connectivity index (χ1v) is 13.4. The second-order valence-electron chi connectivity index (χ2n) is 10.2. The summed E-state index contributed by atoms with van der Waals surface area (Å²) < 4.78 is 0. The van der Waals surface area contributed by atoms with E-state index < -0.39 is 0 Å². The second-order valence-corrected chi connectivity index (χ2v) is 10.2. The minimum absolute atomic E-state index is 0.239. The molecule has 2 aliphatic rings. The molecule has 2 aromatic rings. The number of carbonyl (C=O) groups excluding carboxylic acids is 1. The van der Waals surface area contributed by atoms with E-state index in [4.69, 9.17) is 0 Å². The number of anilines is 2. The lowest BCUT2D eigenvalue weighted by molar-refractivity contribution is 0.261. The number of aliphatic imine (C=N–C) groups is 1. The predicted octanol–water partition coefficient (Wildman–Crippen LogP) is 5.94. The Morgan fingerprint density at radius 1 is 1.18 bits per heavy atom. The van der Waals surface area contributed by atoms with Gasteiger partial charge in [-0.3, -0.25) is 4.99 Å². The summed E-state index contributed by atoms with van der Waals surface area (Å²) in [6, 6.07) is 15.9. The van der Waals surface area contributed by atoms with Gasteiger partial charge in [0, 0.05) is 55.7 Å². The first-order chi connectivity index (χ1) is 18.4. The Morgan fingerprint density at radius 2 is 2.00 bits per heavy atom. The van der Waals surface area contributed by atoms with Crippen molar-refractivity contribution in [1.82, 2.24) is 15.1 Å². The molecule has 2 amide bonds. The van der Waals surface area contributed by atoms with E-state index in [1.54, 1.807) is 0 Å². The maximum Gasteiger partial charge on any atom is 0.323 e. The molecule has 3 N–H and O–H groups in total. The summed E-state index contributed by atoms with van der Waals surface area (Å²) in [6.45, 7) is 9.19. The molecule has 200 valence electrons. The number of carbonyl (C=O) groups is 1. The Hall–Kier alpha value is -3.84. The van der Waals surface area contributed by atoms with Gasteiger partial charge in [0.1, 0.15) is 5.84 Å². The van der Waals surface area contributed by atoms with E-state index in [0.29, 0.717) is 5.92 Å². The van der Waals surface area contributed by atoms with Crippen molar-refractivity contribution in [1.29, 1.82) is 0 Å². The molecule has 0 bridgehead atoms. The molecule has 0 spiro atoms. The maximum atomic E-state index is 12.9. The van der Waals surface area contributed by atoms with Crippen LogP contribution in [0.25, 0.3) is 0 Å². The Bertz CT molecular complexity index is 1260. The number of benzene rings is 2. The highest BCUT2D eigenvalue weighted by atomic mass is 16.2. The van der Waals surface area contributed by atoms with E-state index in [-0.39, 0.29) is 6.03 Å². The van der Waals surface area contributed by atoms with Crippen molar-refractivity contribution in [3.05, 3.63) is 95.4 Å². The number of likely N-dealkylation sites (tertiary alicyclic amines) is 1. The average molecular weight is 513 g/mol. The fourth-order valence-electron chi connectivity index (χ4n) is 5.22. The Balaban J connectivity index is 1.49. The predicted molar refractivity (Wildman–Crippen MR) is 159 cm³/mol. The number of amidine groups is 1. The molecular formula is C31H40N6O. The number of hydrogen-bond acceptors (Lipinski definition) is 4. The van der Waals surface area contributed by atoms with Crippen molar-refractivity contribution in [2.75, 3.05) is 44.9 Å². The zero-order valence-corrected chi connectivity index (χ0v) is 23.1. The van der Waals surface area contributed by atoms with Gasteiger partial charge in [-0.2, -0.15) is 0 Å². The van der Waals surface area contributed by atoms with Gasteiger partial charge in [0.15, 0.2) is 0 Å². The highest BCUT2D eigenvalue weighted by Gasteiger charge is 2.27. The molecule has 2 aromatic carbocycles. The summed E-state index contributed by atoms with van der Waals surface area (Å²) in [5.41, 5.74) is 7.34. The van der Waals surface area contributed by atoms with Crippen LogP contribution in [0.15, 0.2) is 89.2 Å². The molecule has 1 fully saturated rings. The fraction of sp³-hybridized carbons (Fsp3) is 0.355. The van der Waals surface area contributed by atoms with Crippen LogP contribution >= 0.6 is 0 Å². The summed E-state index contributed by atoms with van der Waals surface area (Å²) >= 11 is 0. The molecule has 0 radical (unpaired) electrons. The summed E-state index contributed by atoms with van der Waals surface area (Å²) in [5, 5.41) is 9.31. The number of nitrogens with zero attached hydrogens (tertiary/aromatic N) is 3. The highest BCUT2D eigenvalue weighted by molar-refractivity contribution is 6.05. The van der Waals surface area contributed by atoms with Crippen LogP contribution in [0, 0.1) is 0 Å². The minimum atomic E-state index is -0.239. The highest BCUT2D eigenvalue weighted by Crippen LogP contribution is 2.34. The first kappa shape index (κ1) is 27.2. The molecule has 1 unspecified atom stereocenters. The number of para-hydroxylation sites is 1. The third-order valence-electron chi connectivity index (χ3n) is 7.07. The van der Waals surface area contributed by atoms with Gasteiger partial charge in [0.05, 0.1) is 5.70 Å². The van der Waals surface area contributed by atoms with E-state index in [0.717, 1.165) is 72.8 Å². The van der Waals surface area contributed by atoms with Crippen molar-refractivity contribution >= 4 is 23.2 Å². The number of nitrogens with one attached hydrogen (secondary N) is 3. The van der Waals surface area contributed by atoms with Crippen molar-refractivity contribution in [3.8, 4) is 0 Å². The smallest absolute Gasteiger partial charge is 0.323 e. The van der Waals surface area contributed by atoms with Gasteiger partial charge < -0.3 is 25.8 Å². The lowest BCUT2D eigenvalue weighted by Gasteiger charge is -2.37. The quantitative estimate of drug-likeness (QED) is 0.410. The van der Waals surface area contributed by atoms with E-state index in [1.165, 1.54) is 11.3 Å². The molecule has 7 heteroatoms. The van der Waals surface area contributed by atoms with E-state index in [2.05, 4.69) is 62.5 Å². The van der Waals surface area contributed by atoms with Crippen molar-refractivity contribution < 1.29 is 4.79 Å². The van der Waals surface area contributed by atoms with Crippen LogP contribution < -0.4 is 16.0 Å². The number of rotatable bonds is 8. The molecule has 2 heterocycles. The van der Waals surface area contributed by atoms with Crippen LogP contribution in [-0.4, -0.2) is 55.9 Å². The van der Waals surface area contributed by atoms with Crippen LogP contribution in [0.1, 0.15) is 43.2 Å². The number of allylic oxidation sites excluding steroid dienone is 1. The first-order valence-electron chi connectivity index (χ1n) is 13.4. The fourth-order valence-corrected chi connectivity index (χ4v) is 5.22. The monoisotopic (exact) mass is 512 g/mol. The number of amides is 2. The van der Waals surface area contributed by atoms with Crippen LogP contribution in [0.2, 0.25) is 0 Å². The Labute approximate surface area is 227 Å². The van der Waals surface area contributed by atoms with E-state index in [1.807, 2.05) is 63.7 Å². The molecule has 0 aliphatic carbocycles. The van der Waals surface area contributed by atoms with Gasteiger partial charge in [0.2, 0.25) is 0 Å². The maximum absolute atomic E-state index is 12.9. The summed E-state index contributed by atoms with van der Waals surface area (Å²) in [4.78, 5) is 21.9. The molecule has 1 saturated heterocycles. The Kier molecular flexibility index (Phi) is 9.02. The number of hydrogen-bond donors (Lipinski definition) is 3. The standard InChI is InChI=1S/C31H40N6O/c1-6-22(2)29(27-16-17-33-30(27)32-3)37-18-10-13-24(21-37)23-12-9-14-26(19-23)34-31(38)35-28-15-8-7-11-25(28)20-36(4)5/h7-9,11-12,14-17,19,24H,2,6,10,13,18,20-21H2,1,3-5H3,(H,32,33)(H2,34,35,38)/b29-27+. The molecule has 0 saturated carbocycles. The molecule has 4 rings (SSSR count). The van der Waals surface area contributed by atoms with Crippen molar-refractivity contribution in [3.63, 3.8) is 0 Å². The molecule has 2 aliphatic heterocycles. The number of urea groups is 1. The van der Waals surface area contributed by atoms with Gasteiger partial charge in [-0.15, -0.1) is 0 Å². The van der Waals surface area contributed by atoms with Crippen LogP contribution in [0.4, 0.5) is 16.2 Å². The van der Waals surface area contributed by atoms with Crippen LogP contribution in [0.5, 0.6) is 0 Å². The summed E-state index contributed by atoms with van der Waals surface area (Å²) in [5.74, 6) is 1.25. The molecular weight excluding hydrogens is 472 g/mol. The third-order valence-corrected chi connectivity index (χ3v) is 7.07. The topological polar surface area (TPSA) is 72.0 Å². The molecule has 0 aromatic heterocycles. The largest absolute Gasteiger partial charge is 0.370 e. The van der Waals surface area contributed by atoms with E-state index >= 15 is 0 Å². The number of piperidine rings is 1. The summed E-state index contributed by atoms with van der Waals surface area (Å²) in [6.07, 6.45) is 7.13. The van der Waals surface area contributed by atoms with Gasteiger partial charge in [-0.25, -0.2) is 4.79 Å². The zero-order chi connectivity index (χ0) is 27.1. The molecule has 7 nitrogen and oxygen atoms in total. The molecule has 38 heavy (non-hydrogen) atoms. The second kappa shape index (κ2) is 12.6. The van der Waals surface area contributed by atoms with Gasteiger partial charge >= 0.3 is 6.03 Å². The summed E-state index contributed by atoms with van der Waals surface area (Å²) in [7, 11) is 5.85. The molecule has 1 atom stereocenters. The van der Waals surface area contributed by atoms with Gasteiger partial charge in [-0.1, -0.05) is 43.8 Å². The average Bonchev–Trinajstić information content (AvgIpc) is 3.38. The Morgan fingerprint density at radius 3 is 2.76 bits per heavy atom. The lowest BCUT2D eigenvalue weighted by atomic mass is 9.89. The van der Waals surface area contributed by atoms with Crippen LogP contribution in [-0.2, 0) is 6.54 Å². The van der Waals surface area contributed by atoms with Gasteiger partial charge in [-0.05, 0) is 74.3 Å². The minimum Gasteiger partial charge on any atom is -0.370 e. The van der Waals surface area contributed by atoms with Gasteiger partial charge in [0.25, 0.3) is 0 Å². The third kappa shape index (κ3) is 6.53. The van der Waals surface area contributed by atoms with Crippen molar-refractivity contribution in [2.24, 2.45) is 4.99 Å². The van der Waals surface area contributed by atoms with E-state index in [9.17, 15) is 4.79 Å². The normalized spacial score (nSPS) is 19.4. The van der Waals surface area contributed by atoms with Crippen LogP contribution in [0.3, 0.4) is 0 Å².